The quantitative estimate of drug-likeness (QED) is 0.529. The first kappa shape index (κ1) is 16.4. The molecule has 1 N–H and O–H groups in total. The van der Waals surface area contributed by atoms with E-state index >= 15 is 0 Å². The molecule has 18 heavy (non-hydrogen) atoms. The fourth-order valence-electron chi connectivity index (χ4n) is 1.36. The molecule has 0 fully saturated rings. The molecule has 0 aromatic carbocycles. The van der Waals surface area contributed by atoms with Crippen LogP contribution in [-0.2, 0) is 23.9 Å². The summed E-state index contributed by atoms with van der Waals surface area (Å²) in [5.74, 6) is -4.09. The van der Waals surface area contributed by atoms with Crippen molar-refractivity contribution >= 4 is 17.9 Å². The van der Waals surface area contributed by atoms with Gasteiger partial charge in [0.1, 0.15) is 6.42 Å². The molecule has 0 bridgehead atoms. The van der Waals surface area contributed by atoms with Gasteiger partial charge in [-0.1, -0.05) is 13.8 Å². The van der Waals surface area contributed by atoms with Gasteiger partial charge in [0.15, 0.2) is 0 Å². The average molecular weight is 260 g/mol. The number of esters is 2. The molecule has 0 radical (unpaired) electrons. The molecule has 6 heteroatoms. The van der Waals surface area contributed by atoms with Gasteiger partial charge in [0, 0.05) is 19.8 Å². The second-order valence-corrected chi connectivity index (χ2v) is 4.15. The van der Waals surface area contributed by atoms with Crippen LogP contribution in [0.5, 0.6) is 0 Å². The third-order valence-corrected chi connectivity index (χ3v) is 2.04. The largest absolute Gasteiger partial charge is 0.481 e. The highest BCUT2D eigenvalue weighted by atomic mass is 16.7. The normalized spacial score (nSPS) is 10.8. The van der Waals surface area contributed by atoms with Gasteiger partial charge in [-0.3, -0.25) is 14.4 Å². The summed E-state index contributed by atoms with van der Waals surface area (Å²) < 4.78 is 9.89. The van der Waals surface area contributed by atoms with Crippen LogP contribution in [0.4, 0.5) is 0 Å². The summed E-state index contributed by atoms with van der Waals surface area (Å²) in [5, 5.41) is 8.75. The maximum absolute atomic E-state index is 11.4. The van der Waals surface area contributed by atoms with Crippen LogP contribution in [0.25, 0.3) is 0 Å². The predicted molar refractivity (Wildman–Crippen MR) is 62.7 cm³/mol. The van der Waals surface area contributed by atoms with Crippen molar-refractivity contribution in [3.63, 3.8) is 0 Å². The fraction of sp³-hybridized carbons (Fsp3) is 0.750. The molecular weight excluding hydrogens is 240 g/mol. The van der Waals surface area contributed by atoms with Crippen molar-refractivity contribution in [2.75, 3.05) is 0 Å². The van der Waals surface area contributed by atoms with Gasteiger partial charge in [-0.2, -0.15) is 0 Å². The minimum atomic E-state index is -1.73. The lowest BCUT2D eigenvalue weighted by molar-refractivity contribution is -0.225. The molecule has 0 saturated carbocycles. The van der Waals surface area contributed by atoms with E-state index in [4.69, 9.17) is 14.6 Å². The van der Waals surface area contributed by atoms with E-state index in [2.05, 4.69) is 0 Å². The zero-order chi connectivity index (χ0) is 14.2. The molecule has 0 unspecified atom stereocenters. The molecule has 0 aliphatic heterocycles. The van der Waals surface area contributed by atoms with E-state index < -0.39 is 30.1 Å². The van der Waals surface area contributed by atoms with E-state index in [0.717, 1.165) is 0 Å². The predicted octanol–water partition coefficient (Wildman–Crippen LogP) is 1.86. The molecule has 0 spiro atoms. The van der Waals surface area contributed by atoms with Crippen LogP contribution in [0.15, 0.2) is 0 Å². The number of carboxylic acids is 1. The molecule has 6 nitrogen and oxygen atoms in total. The molecule has 0 atom stereocenters. The Morgan fingerprint density at radius 1 is 1.00 bits per heavy atom. The Bertz CT molecular complexity index is 290. The van der Waals surface area contributed by atoms with Crippen LogP contribution in [-0.4, -0.2) is 28.8 Å². The molecule has 0 aromatic heterocycles. The Kier molecular flexibility index (Phi) is 7.00. The van der Waals surface area contributed by atoms with Gasteiger partial charge in [-0.25, -0.2) is 0 Å². The zero-order valence-electron chi connectivity index (χ0n) is 11.0. The van der Waals surface area contributed by atoms with E-state index in [-0.39, 0.29) is 12.8 Å². The van der Waals surface area contributed by atoms with E-state index in [9.17, 15) is 14.4 Å². The van der Waals surface area contributed by atoms with Crippen LogP contribution < -0.4 is 0 Å². The number of carbonyl (C=O) groups is 3. The average Bonchev–Trinajstić information content (AvgIpc) is 2.14. The molecule has 0 saturated heterocycles. The monoisotopic (exact) mass is 260 g/mol. The van der Waals surface area contributed by atoms with Crippen molar-refractivity contribution in [3.8, 4) is 0 Å². The van der Waals surface area contributed by atoms with E-state index in [1.54, 1.807) is 13.8 Å². The van der Waals surface area contributed by atoms with Gasteiger partial charge >= 0.3 is 17.9 Å². The van der Waals surface area contributed by atoms with Crippen molar-refractivity contribution in [3.05, 3.63) is 0 Å². The third kappa shape index (κ3) is 6.88. The molecule has 0 aromatic rings. The summed E-state index contributed by atoms with van der Waals surface area (Å²) in [5.41, 5.74) is 0. The van der Waals surface area contributed by atoms with Gasteiger partial charge in [-0.15, -0.1) is 0 Å². The number of aliphatic carboxylic acids is 1. The summed E-state index contributed by atoms with van der Waals surface area (Å²) >= 11 is 0. The highest BCUT2D eigenvalue weighted by Gasteiger charge is 2.35. The van der Waals surface area contributed by atoms with Gasteiger partial charge in [0.05, 0.1) is 0 Å². The zero-order valence-corrected chi connectivity index (χ0v) is 11.0. The first-order chi connectivity index (χ1) is 8.33. The summed E-state index contributed by atoms with van der Waals surface area (Å²) in [4.78, 5) is 33.5. The molecule has 0 aliphatic carbocycles. The first-order valence-corrected chi connectivity index (χ1v) is 5.98. The highest BCUT2D eigenvalue weighted by molar-refractivity contribution is 5.74. The van der Waals surface area contributed by atoms with Crippen LogP contribution in [0.1, 0.15) is 52.9 Å². The summed E-state index contributed by atoms with van der Waals surface area (Å²) in [6.45, 7) is 4.86. The Balaban J connectivity index is 4.65. The standard InChI is InChI=1S/C12H20O6/c1-4-6-10(15)17-12(3,8-9(13)14)18-11(16)7-5-2/h4-8H2,1-3H3,(H,13,14). The number of ether oxygens (including phenoxy) is 2. The first-order valence-electron chi connectivity index (χ1n) is 5.98. The Morgan fingerprint density at radius 3 is 1.67 bits per heavy atom. The molecule has 0 heterocycles. The van der Waals surface area contributed by atoms with Crippen molar-refractivity contribution < 1.29 is 29.0 Å². The number of carbonyl (C=O) groups excluding carboxylic acids is 2. The third-order valence-electron chi connectivity index (χ3n) is 2.04. The minimum absolute atomic E-state index is 0.153. The van der Waals surface area contributed by atoms with Crippen LogP contribution in [0.2, 0.25) is 0 Å². The lowest BCUT2D eigenvalue weighted by Gasteiger charge is -2.27. The summed E-state index contributed by atoms with van der Waals surface area (Å²) in [6, 6.07) is 0. The molecular formula is C12H20O6. The smallest absolute Gasteiger partial charge is 0.311 e. The Labute approximate surface area is 106 Å². The van der Waals surface area contributed by atoms with Crippen molar-refractivity contribution in [1.82, 2.24) is 0 Å². The summed E-state index contributed by atoms with van der Waals surface area (Å²) in [7, 11) is 0. The SMILES string of the molecule is CCCC(=O)OC(C)(CC(=O)O)OC(=O)CCC. The maximum atomic E-state index is 11.4. The van der Waals surface area contributed by atoms with Crippen molar-refractivity contribution in [2.45, 2.75) is 58.7 Å². The number of hydrogen-bond acceptors (Lipinski definition) is 5. The van der Waals surface area contributed by atoms with Gasteiger partial charge in [0.2, 0.25) is 0 Å². The fourth-order valence-corrected chi connectivity index (χ4v) is 1.36. The van der Waals surface area contributed by atoms with Gasteiger partial charge in [0.25, 0.3) is 5.79 Å². The summed E-state index contributed by atoms with van der Waals surface area (Å²) in [6.07, 6.45) is 0.884. The topological polar surface area (TPSA) is 89.9 Å². The second kappa shape index (κ2) is 7.68. The van der Waals surface area contributed by atoms with E-state index in [1.165, 1.54) is 6.92 Å². The van der Waals surface area contributed by atoms with Crippen LogP contribution in [0, 0.1) is 0 Å². The van der Waals surface area contributed by atoms with Crippen molar-refractivity contribution in [2.24, 2.45) is 0 Å². The van der Waals surface area contributed by atoms with Crippen LogP contribution in [0.3, 0.4) is 0 Å². The number of hydrogen-bond donors (Lipinski definition) is 1. The lowest BCUT2D eigenvalue weighted by Crippen LogP contribution is -2.39. The minimum Gasteiger partial charge on any atom is -0.481 e. The number of rotatable bonds is 8. The number of carboxylic acid groups (broad SMARTS) is 1. The van der Waals surface area contributed by atoms with E-state index in [0.29, 0.717) is 12.8 Å². The Morgan fingerprint density at radius 2 is 1.39 bits per heavy atom. The van der Waals surface area contributed by atoms with Crippen LogP contribution >= 0.6 is 0 Å². The highest BCUT2D eigenvalue weighted by Crippen LogP contribution is 2.20. The Hall–Kier alpha value is -1.59. The lowest BCUT2D eigenvalue weighted by atomic mass is 10.2. The maximum Gasteiger partial charge on any atom is 0.311 e. The molecule has 104 valence electrons. The second-order valence-electron chi connectivity index (χ2n) is 4.15. The van der Waals surface area contributed by atoms with Gasteiger partial charge in [-0.05, 0) is 12.8 Å². The molecule has 0 aliphatic rings. The van der Waals surface area contributed by atoms with Gasteiger partial charge < -0.3 is 14.6 Å². The molecule has 0 rings (SSSR count). The molecule has 0 amide bonds. The van der Waals surface area contributed by atoms with E-state index in [1.807, 2.05) is 0 Å². The van der Waals surface area contributed by atoms with Crippen molar-refractivity contribution in [1.29, 1.82) is 0 Å².